The van der Waals surface area contributed by atoms with Crippen molar-refractivity contribution in [2.75, 3.05) is 18.4 Å². The maximum Gasteiger partial charge on any atom is 0.278 e. The van der Waals surface area contributed by atoms with E-state index in [0.717, 1.165) is 37.2 Å². The molecule has 8 heteroatoms. The summed E-state index contributed by atoms with van der Waals surface area (Å²) in [5, 5.41) is 14.4. The average molecular weight is 363 g/mol. The van der Waals surface area contributed by atoms with E-state index in [0.29, 0.717) is 17.2 Å². The van der Waals surface area contributed by atoms with Crippen LogP contribution in [0.2, 0.25) is 0 Å². The van der Waals surface area contributed by atoms with Crippen molar-refractivity contribution in [3.63, 3.8) is 0 Å². The number of amides is 1. The highest BCUT2D eigenvalue weighted by Gasteiger charge is 2.23. The highest BCUT2D eigenvalue weighted by atomic mass is 16.2. The fourth-order valence-electron chi connectivity index (χ4n) is 3.27. The third-order valence-corrected chi connectivity index (χ3v) is 4.74. The molecule has 1 saturated heterocycles. The number of aromatic nitrogens is 5. The largest absolute Gasteiger partial charge is 0.318 e. The van der Waals surface area contributed by atoms with Gasteiger partial charge in [-0.25, -0.2) is 14.6 Å². The van der Waals surface area contributed by atoms with Gasteiger partial charge >= 0.3 is 0 Å². The summed E-state index contributed by atoms with van der Waals surface area (Å²) in [5.41, 5.74) is 2.56. The van der Waals surface area contributed by atoms with Crippen LogP contribution < -0.4 is 10.6 Å². The zero-order chi connectivity index (χ0) is 18.6. The second-order valence-electron chi connectivity index (χ2n) is 6.56. The number of nitrogens with zero attached hydrogens (tertiary/aromatic N) is 5. The lowest BCUT2D eigenvalue weighted by atomic mass is 10.1. The summed E-state index contributed by atoms with van der Waals surface area (Å²) in [6.45, 7) is 3.79. The van der Waals surface area contributed by atoms with Crippen LogP contribution in [-0.2, 0) is 0 Å². The van der Waals surface area contributed by atoms with Gasteiger partial charge in [0.25, 0.3) is 5.91 Å². The molecule has 0 bridgehead atoms. The van der Waals surface area contributed by atoms with Crippen LogP contribution in [0.15, 0.2) is 42.7 Å². The van der Waals surface area contributed by atoms with Gasteiger partial charge in [0.05, 0.1) is 29.8 Å². The number of carbonyl (C=O) groups excluding carboxylic acids is 1. The first kappa shape index (κ1) is 17.3. The van der Waals surface area contributed by atoms with Crippen LogP contribution in [0.5, 0.6) is 0 Å². The number of hydrogen-bond donors (Lipinski definition) is 2. The lowest BCUT2D eigenvalue weighted by molar-refractivity contribution is 0.102. The van der Waals surface area contributed by atoms with E-state index in [1.807, 2.05) is 41.9 Å². The Morgan fingerprint density at radius 3 is 2.56 bits per heavy atom. The van der Waals surface area contributed by atoms with Gasteiger partial charge < -0.3 is 10.6 Å². The van der Waals surface area contributed by atoms with Gasteiger partial charge in [-0.15, -0.1) is 5.10 Å². The Hall–Kier alpha value is -3.13. The number of nitrogens with one attached hydrogen (secondary N) is 2. The number of carbonyl (C=O) groups is 1. The molecule has 8 nitrogen and oxygen atoms in total. The highest BCUT2D eigenvalue weighted by molar-refractivity contribution is 6.03. The minimum absolute atomic E-state index is 0.286. The maximum atomic E-state index is 12.6. The van der Waals surface area contributed by atoms with E-state index >= 15 is 0 Å². The van der Waals surface area contributed by atoms with Gasteiger partial charge in [0.2, 0.25) is 0 Å². The molecule has 4 rings (SSSR count). The minimum atomic E-state index is -0.302. The Morgan fingerprint density at radius 2 is 1.85 bits per heavy atom. The monoisotopic (exact) mass is 363 g/mol. The summed E-state index contributed by atoms with van der Waals surface area (Å²) in [6, 6.07) is 9.98. The van der Waals surface area contributed by atoms with Gasteiger partial charge in [0.1, 0.15) is 0 Å². The van der Waals surface area contributed by atoms with Crippen molar-refractivity contribution in [2.45, 2.75) is 25.8 Å². The molecule has 0 spiro atoms. The zero-order valence-corrected chi connectivity index (χ0v) is 15.1. The molecule has 2 aromatic heterocycles. The first-order chi connectivity index (χ1) is 13.2. The molecular weight excluding hydrogens is 342 g/mol. The van der Waals surface area contributed by atoms with Crippen LogP contribution in [0.1, 0.15) is 35.1 Å². The van der Waals surface area contributed by atoms with Crippen molar-refractivity contribution in [1.29, 1.82) is 0 Å². The molecule has 138 valence electrons. The Kier molecular flexibility index (Phi) is 4.88. The summed E-state index contributed by atoms with van der Waals surface area (Å²) in [6.07, 6.45) is 5.17. The van der Waals surface area contributed by atoms with Crippen LogP contribution in [0.3, 0.4) is 0 Å². The van der Waals surface area contributed by atoms with Crippen LogP contribution in [0.25, 0.3) is 11.4 Å². The topological polar surface area (TPSA) is 97.6 Å². The molecule has 0 radical (unpaired) electrons. The molecule has 1 fully saturated rings. The number of rotatable bonds is 4. The zero-order valence-electron chi connectivity index (χ0n) is 15.1. The lowest BCUT2D eigenvalue weighted by Crippen LogP contribution is -2.30. The first-order valence-electron chi connectivity index (χ1n) is 9.03. The number of benzene rings is 1. The molecule has 0 unspecified atom stereocenters. The Morgan fingerprint density at radius 1 is 1.15 bits per heavy atom. The molecule has 3 aromatic rings. The fourth-order valence-corrected chi connectivity index (χ4v) is 3.27. The maximum absolute atomic E-state index is 12.6. The molecule has 0 saturated carbocycles. The van der Waals surface area contributed by atoms with Crippen LogP contribution in [-0.4, -0.2) is 44.0 Å². The number of anilines is 1. The van der Waals surface area contributed by atoms with Crippen LogP contribution >= 0.6 is 0 Å². The molecule has 2 N–H and O–H groups in total. The Labute approximate surface area is 157 Å². The van der Waals surface area contributed by atoms with Crippen molar-refractivity contribution in [3.8, 4) is 11.4 Å². The van der Waals surface area contributed by atoms with E-state index in [-0.39, 0.29) is 11.9 Å². The van der Waals surface area contributed by atoms with Gasteiger partial charge in [-0.1, -0.05) is 35.5 Å². The second-order valence-corrected chi connectivity index (χ2v) is 6.56. The van der Waals surface area contributed by atoms with Gasteiger partial charge in [-0.05, 0) is 32.9 Å². The molecule has 1 aliphatic heterocycles. The van der Waals surface area contributed by atoms with Gasteiger partial charge in [0, 0.05) is 5.56 Å². The molecule has 1 amide bonds. The standard InChI is InChI=1S/C19H21N7O/c1-13-17(24-25-26(13)16-7-9-20-10-8-16)19(27)23-15-11-21-18(22-12-15)14-5-3-2-4-6-14/h2-6,11-12,16,20H,7-10H2,1H3,(H,23,27). The molecule has 27 heavy (non-hydrogen) atoms. The molecule has 3 heterocycles. The van der Waals surface area contributed by atoms with Gasteiger partial charge in [0.15, 0.2) is 11.5 Å². The summed E-state index contributed by atoms with van der Waals surface area (Å²) >= 11 is 0. The van der Waals surface area contributed by atoms with E-state index in [1.165, 1.54) is 0 Å². The third-order valence-electron chi connectivity index (χ3n) is 4.74. The van der Waals surface area contributed by atoms with Gasteiger partial charge in [-0.2, -0.15) is 0 Å². The predicted molar refractivity (Wildman–Crippen MR) is 101 cm³/mol. The summed E-state index contributed by atoms with van der Waals surface area (Å²) in [5.74, 6) is 0.311. The second kappa shape index (κ2) is 7.63. The van der Waals surface area contributed by atoms with Crippen molar-refractivity contribution < 1.29 is 4.79 Å². The number of piperidine rings is 1. The summed E-state index contributed by atoms with van der Waals surface area (Å²) in [4.78, 5) is 21.2. The van der Waals surface area contributed by atoms with E-state index < -0.39 is 0 Å². The van der Waals surface area contributed by atoms with Crippen molar-refractivity contribution in [1.82, 2.24) is 30.3 Å². The SMILES string of the molecule is Cc1c(C(=O)Nc2cnc(-c3ccccc3)nc2)nnn1C1CCNCC1. The molecule has 0 atom stereocenters. The molecule has 1 aliphatic rings. The van der Waals surface area contributed by atoms with Crippen molar-refractivity contribution >= 4 is 11.6 Å². The Balaban J connectivity index is 1.47. The normalized spacial score (nSPS) is 14.9. The minimum Gasteiger partial charge on any atom is -0.318 e. The van der Waals surface area contributed by atoms with E-state index in [2.05, 4.69) is 30.9 Å². The van der Waals surface area contributed by atoms with Crippen LogP contribution in [0, 0.1) is 6.92 Å². The predicted octanol–water partition coefficient (Wildman–Crippen LogP) is 2.22. The molecule has 1 aromatic carbocycles. The third kappa shape index (κ3) is 3.70. The number of hydrogen-bond acceptors (Lipinski definition) is 6. The van der Waals surface area contributed by atoms with Crippen LogP contribution in [0.4, 0.5) is 5.69 Å². The Bertz CT molecular complexity index is 915. The summed E-state index contributed by atoms with van der Waals surface area (Å²) in [7, 11) is 0. The molecule has 0 aliphatic carbocycles. The van der Waals surface area contributed by atoms with E-state index in [4.69, 9.17) is 0 Å². The van der Waals surface area contributed by atoms with E-state index in [1.54, 1.807) is 12.4 Å². The summed E-state index contributed by atoms with van der Waals surface area (Å²) < 4.78 is 1.87. The lowest BCUT2D eigenvalue weighted by Gasteiger charge is -2.23. The highest BCUT2D eigenvalue weighted by Crippen LogP contribution is 2.21. The van der Waals surface area contributed by atoms with Crippen molar-refractivity contribution in [3.05, 3.63) is 54.1 Å². The fraction of sp³-hybridized carbons (Fsp3) is 0.316. The smallest absolute Gasteiger partial charge is 0.278 e. The average Bonchev–Trinajstić information content (AvgIpc) is 3.11. The quantitative estimate of drug-likeness (QED) is 0.738. The first-order valence-corrected chi connectivity index (χ1v) is 9.03. The molecular formula is C19H21N7O. The van der Waals surface area contributed by atoms with E-state index in [9.17, 15) is 4.79 Å². The van der Waals surface area contributed by atoms with Gasteiger partial charge in [-0.3, -0.25) is 4.79 Å². The van der Waals surface area contributed by atoms with Crippen molar-refractivity contribution in [2.24, 2.45) is 0 Å².